The van der Waals surface area contributed by atoms with Crippen molar-refractivity contribution in [1.82, 2.24) is 5.32 Å². The second kappa shape index (κ2) is 6.83. The van der Waals surface area contributed by atoms with Crippen LogP contribution >= 0.6 is 11.6 Å². The van der Waals surface area contributed by atoms with Crippen molar-refractivity contribution < 1.29 is 14.6 Å². The van der Waals surface area contributed by atoms with Gasteiger partial charge in [-0.25, -0.2) is 4.79 Å². The first kappa shape index (κ1) is 15.7. The topological polar surface area (TPSA) is 70.6 Å². The summed E-state index contributed by atoms with van der Waals surface area (Å²) in [5.74, 6) is 0.519. The minimum atomic E-state index is -0.964. The first-order valence-corrected chi connectivity index (χ1v) is 7.19. The average Bonchev–Trinajstić information content (AvgIpc) is 2.46. The van der Waals surface area contributed by atoms with Crippen LogP contribution in [0.5, 0.6) is 5.75 Å². The Hall–Kier alpha value is -1.72. The summed E-state index contributed by atoms with van der Waals surface area (Å²) in [5, 5.41) is 16.1. The third kappa shape index (κ3) is 4.37. The maximum Gasteiger partial charge on any atom is 0.319 e. The first-order chi connectivity index (χ1) is 10.0. The number of urea groups is 1. The Labute approximate surface area is 128 Å². The minimum absolute atomic E-state index is 0.165. The van der Waals surface area contributed by atoms with Crippen molar-refractivity contribution in [1.29, 1.82) is 0 Å². The molecule has 0 bridgehead atoms. The summed E-state index contributed by atoms with van der Waals surface area (Å²) < 4.78 is 5.15. The van der Waals surface area contributed by atoms with E-state index in [2.05, 4.69) is 10.6 Å². The number of aliphatic hydroxyl groups is 1. The van der Waals surface area contributed by atoms with Crippen LogP contribution in [0.4, 0.5) is 10.5 Å². The van der Waals surface area contributed by atoms with E-state index in [0.29, 0.717) is 22.9 Å². The molecule has 0 fully saturated rings. The zero-order valence-electron chi connectivity index (χ0n) is 11.9. The van der Waals surface area contributed by atoms with Crippen LogP contribution < -0.4 is 15.4 Å². The molecule has 0 heterocycles. The van der Waals surface area contributed by atoms with E-state index >= 15 is 0 Å². The third-order valence-corrected chi connectivity index (χ3v) is 3.61. The molecule has 1 aromatic carbocycles. The smallest absolute Gasteiger partial charge is 0.319 e. The highest BCUT2D eigenvalue weighted by Crippen LogP contribution is 2.27. The van der Waals surface area contributed by atoms with Crippen molar-refractivity contribution in [3.63, 3.8) is 0 Å². The quantitative estimate of drug-likeness (QED) is 0.749. The number of amides is 2. The van der Waals surface area contributed by atoms with Gasteiger partial charge in [0.2, 0.25) is 0 Å². The molecule has 0 aromatic heterocycles. The Bertz CT molecular complexity index is 548. The Morgan fingerprint density at radius 2 is 2.33 bits per heavy atom. The number of nitrogens with one attached hydrogen (secondary N) is 2. The summed E-state index contributed by atoms with van der Waals surface area (Å²) >= 11 is 5.90. The molecule has 5 nitrogen and oxygen atoms in total. The molecular weight excluding hydrogens is 292 g/mol. The van der Waals surface area contributed by atoms with Crippen LogP contribution in [-0.4, -0.2) is 30.4 Å². The van der Waals surface area contributed by atoms with Gasteiger partial charge in [0.05, 0.1) is 19.3 Å². The Morgan fingerprint density at radius 1 is 1.52 bits per heavy atom. The van der Waals surface area contributed by atoms with Gasteiger partial charge < -0.3 is 20.5 Å². The Morgan fingerprint density at radius 3 is 3.00 bits per heavy atom. The lowest BCUT2D eigenvalue weighted by molar-refractivity contribution is 0.0768. The van der Waals surface area contributed by atoms with E-state index in [9.17, 15) is 9.90 Å². The van der Waals surface area contributed by atoms with Gasteiger partial charge in [0.15, 0.2) is 0 Å². The highest BCUT2D eigenvalue weighted by molar-refractivity contribution is 6.31. The van der Waals surface area contributed by atoms with Gasteiger partial charge in [-0.05, 0) is 37.5 Å². The molecule has 0 saturated carbocycles. The highest BCUT2D eigenvalue weighted by atomic mass is 35.5. The molecule has 0 saturated heterocycles. The molecule has 0 spiro atoms. The number of rotatable bonds is 4. The second-order valence-corrected chi connectivity index (χ2v) is 5.49. The standard InChI is InChI=1S/C15H19ClN2O3/c1-21-13-6-5-11(16)9-12(13)18-14(19)17-10-15(20)7-3-2-4-8-15/h3,5-7,9,20H,2,4,8,10H2,1H3,(H2,17,18,19). The number of halogens is 1. The van der Waals surface area contributed by atoms with E-state index in [-0.39, 0.29) is 6.54 Å². The van der Waals surface area contributed by atoms with Gasteiger partial charge in [0.25, 0.3) is 0 Å². The van der Waals surface area contributed by atoms with Crippen molar-refractivity contribution >= 4 is 23.3 Å². The normalized spacial score (nSPS) is 20.9. The molecule has 21 heavy (non-hydrogen) atoms. The van der Waals surface area contributed by atoms with Crippen LogP contribution in [-0.2, 0) is 0 Å². The Kier molecular flexibility index (Phi) is 5.09. The first-order valence-electron chi connectivity index (χ1n) is 6.81. The molecule has 0 aliphatic heterocycles. The van der Waals surface area contributed by atoms with E-state index in [4.69, 9.17) is 16.3 Å². The molecule has 0 radical (unpaired) electrons. The number of allylic oxidation sites excluding steroid dienone is 1. The van der Waals surface area contributed by atoms with Crippen LogP contribution in [0.3, 0.4) is 0 Å². The fourth-order valence-corrected chi connectivity index (χ4v) is 2.41. The molecule has 1 aromatic rings. The van der Waals surface area contributed by atoms with Gasteiger partial charge in [-0.15, -0.1) is 0 Å². The summed E-state index contributed by atoms with van der Waals surface area (Å²) in [6, 6.07) is 4.55. The lowest BCUT2D eigenvalue weighted by Gasteiger charge is -2.27. The lowest BCUT2D eigenvalue weighted by atomic mass is 9.91. The number of benzene rings is 1. The van der Waals surface area contributed by atoms with Crippen LogP contribution in [0, 0.1) is 0 Å². The molecule has 2 rings (SSSR count). The second-order valence-electron chi connectivity index (χ2n) is 5.05. The van der Waals surface area contributed by atoms with E-state index in [1.165, 1.54) is 7.11 Å². The molecule has 114 valence electrons. The van der Waals surface area contributed by atoms with Gasteiger partial charge in [-0.2, -0.15) is 0 Å². The summed E-state index contributed by atoms with van der Waals surface area (Å²) in [6.07, 6.45) is 6.21. The number of anilines is 1. The van der Waals surface area contributed by atoms with Crippen molar-refractivity contribution in [3.8, 4) is 5.75 Å². The fraction of sp³-hybridized carbons (Fsp3) is 0.400. The van der Waals surface area contributed by atoms with E-state index in [0.717, 1.165) is 12.8 Å². The van der Waals surface area contributed by atoms with E-state index < -0.39 is 11.6 Å². The monoisotopic (exact) mass is 310 g/mol. The number of methoxy groups -OCH3 is 1. The van der Waals surface area contributed by atoms with Crippen molar-refractivity contribution in [2.45, 2.75) is 24.9 Å². The molecular formula is C15H19ClN2O3. The summed E-state index contributed by atoms with van der Waals surface area (Å²) in [6.45, 7) is 0.165. The molecule has 2 amide bonds. The summed E-state index contributed by atoms with van der Waals surface area (Å²) in [7, 11) is 1.52. The molecule has 1 atom stereocenters. The van der Waals surface area contributed by atoms with Gasteiger partial charge in [0.1, 0.15) is 11.4 Å². The highest BCUT2D eigenvalue weighted by Gasteiger charge is 2.25. The zero-order valence-corrected chi connectivity index (χ0v) is 12.6. The van der Waals surface area contributed by atoms with Crippen molar-refractivity contribution in [2.75, 3.05) is 19.0 Å². The minimum Gasteiger partial charge on any atom is -0.495 e. The van der Waals surface area contributed by atoms with Crippen LogP contribution in [0.25, 0.3) is 0 Å². The van der Waals surface area contributed by atoms with Crippen LogP contribution in [0.15, 0.2) is 30.4 Å². The number of carbonyl (C=O) groups excluding carboxylic acids is 1. The van der Waals surface area contributed by atoms with Crippen molar-refractivity contribution in [2.24, 2.45) is 0 Å². The largest absolute Gasteiger partial charge is 0.495 e. The molecule has 1 unspecified atom stereocenters. The zero-order chi connectivity index (χ0) is 15.3. The number of hydrogen-bond acceptors (Lipinski definition) is 3. The maximum absolute atomic E-state index is 11.9. The summed E-state index contributed by atoms with van der Waals surface area (Å²) in [5.41, 5.74) is -0.484. The maximum atomic E-state index is 11.9. The lowest BCUT2D eigenvalue weighted by Crippen LogP contribution is -2.43. The number of ether oxygens (including phenoxy) is 1. The van der Waals surface area contributed by atoms with E-state index in [1.54, 1.807) is 24.3 Å². The predicted octanol–water partition coefficient (Wildman–Crippen LogP) is 2.94. The third-order valence-electron chi connectivity index (χ3n) is 3.37. The molecule has 1 aliphatic rings. The van der Waals surface area contributed by atoms with Gasteiger partial charge in [-0.1, -0.05) is 23.8 Å². The number of hydrogen-bond donors (Lipinski definition) is 3. The summed E-state index contributed by atoms with van der Waals surface area (Å²) in [4.78, 5) is 11.9. The van der Waals surface area contributed by atoms with Crippen LogP contribution in [0.1, 0.15) is 19.3 Å². The molecule has 1 aliphatic carbocycles. The Balaban J connectivity index is 1.94. The number of carbonyl (C=O) groups is 1. The predicted molar refractivity (Wildman–Crippen MR) is 83.0 cm³/mol. The van der Waals surface area contributed by atoms with Gasteiger partial charge in [0, 0.05) is 5.02 Å². The molecule has 3 N–H and O–H groups in total. The van der Waals surface area contributed by atoms with Gasteiger partial charge in [-0.3, -0.25) is 0 Å². The van der Waals surface area contributed by atoms with Crippen molar-refractivity contribution in [3.05, 3.63) is 35.4 Å². The van der Waals surface area contributed by atoms with E-state index in [1.807, 2.05) is 6.08 Å². The SMILES string of the molecule is COc1ccc(Cl)cc1NC(=O)NCC1(O)C=CCCC1. The molecule has 6 heteroatoms. The fourth-order valence-electron chi connectivity index (χ4n) is 2.24. The van der Waals surface area contributed by atoms with Gasteiger partial charge >= 0.3 is 6.03 Å². The average molecular weight is 311 g/mol. The van der Waals surface area contributed by atoms with Crippen LogP contribution in [0.2, 0.25) is 5.02 Å².